The summed E-state index contributed by atoms with van der Waals surface area (Å²) >= 11 is 0. The highest BCUT2D eigenvalue weighted by Gasteiger charge is 2.31. The number of carbonyl (C=O) groups excluding carboxylic acids is 1. The Hall–Kier alpha value is -2.62. The second-order valence-corrected chi connectivity index (χ2v) is 4.94. The maximum atomic E-state index is 12.3. The molecule has 1 atom stereocenters. The van der Waals surface area contributed by atoms with E-state index >= 15 is 0 Å². The van der Waals surface area contributed by atoms with Crippen molar-refractivity contribution in [2.45, 2.75) is 12.3 Å². The van der Waals surface area contributed by atoms with Crippen molar-refractivity contribution >= 4 is 11.8 Å². The number of benzene rings is 2. The molecule has 1 amide bonds. The molecule has 4 heteroatoms. The summed E-state index contributed by atoms with van der Waals surface area (Å²) < 4.78 is 5.78. The normalized spacial score (nSPS) is 18.3. The van der Waals surface area contributed by atoms with Gasteiger partial charge in [-0.3, -0.25) is 4.79 Å². The van der Waals surface area contributed by atoms with Crippen LogP contribution in [0.3, 0.4) is 0 Å². The minimum absolute atomic E-state index is 0.0124. The fourth-order valence-electron chi connectivity index (χ4n) is 2.38. The van der Waals surface area contributed by atoms with E-state index in [4.69, 9.17) is 4.74 Å². The zero-order valence-corrected chi connectivity index (χ0v) is 11.8. The van der Waals surface area contributed by atoms with Crippen LogP contribution in [-0.4, -0.2) is 23.9 Å². The second-order valence-electron chi connectivity index (χ2n) is 4.94. The van der Waals surface area contributed by atoms with E-state index < -0.39 is 0 Å². The zero-order valence-electron chi connectivity index (χ0n) is 11.8. The third kappa shape index (κ3) is 2.94. The van der Waals surface area contributed by atoms with Gasteiger partial charge in [0.15, 0.2) is 0 Å². The third-order valence-electron chi connectivity index (χ3n) is 3.44. The molecule has 106 valence electrons. The number of carbonyl (C=O) groups is 1. The molecule has 1 heterocycles. The molecule has 2 aromatic carbocycles. The van der Waals surface area contributed by atoms with Crippen LogP contribution in [0, 0.1) is 0 Å². The standard InChI is InChI=1S/C17H16N2O2/c1-19-17(20)15(13-8-4-2-5-9-13)12-16(18-19)21-14-10-6-3-7-11-14/h2-11,15H,12H2,1H3. The van der Waals surface area contributed by atoms with Crippen molar-refractivity contribution in [3.8, 4) is 5.75 Å². The summed E-state index contributed by atoms with van der Waals surface area (Å²) in [5, 5.41) is 5.57. The number of hydrogen-bond donors (Lipinski definition) is 0. The Morgan fingerprint density at radius 2 is 1.67 bits per heavy atom. The van der Waals surface area contributed by atoms with E-state index in [0.717, 1.165) is 11.3 Å². The van der Waals surface area contributed by atoms with Crippen LogP contribution in [0.1, 0.15) is 17.9 Å². The smallest absolute Gasteiger partial charge is 0.250 e. The lowest BCUT2D eigenvalue weighted by Gasteiger charge is -2.26. The molecular formula is C17H16N2O2. The Kier molecular flexibility index (Phi) is 3.69. The lowest BCUT2D eigenvalue weighted by molar-refractivity contribution is -0.132. The molecule has 3 rings (SSSR count). The van der Waals surface area contributed by atoms with E-state index in [1.54, 1.807) is 7.05 Å². The largest absolute Gasteiger partial charge is 0.441 e. The van der Waals surface area contributed by atoms with Gasteiger partial charge in [0, 0.05) is 13.5 Å². The van der Waals surface area contributed by atoms with Gasteiger partial charge in [0.25, 0.3) is 5.91 Å². The fourth-order valence-corrected chi connectivity index (χ4v) is 2.38. The molecule has 0 spiro atoms. The second kappa shape index (κ2) is 5.79. The van der Waals surface area contributed by atoms with Crippen molar-refractivity contribution in [1.82, 2.24) is 5.01 Å². The van der Waals surface area contributed by atoms with Crippen LogP contribution in [0.4, 0.5) is 0 Å². The summed E-state index contributed by atoms with van der Waals surface area (Å²) in [6.07, 6.45) is 0.474. The van der Waals surface area contributed by atoms with Crippen LogP contribution < -0.4 is 4.74 Å². The minimum atomic E-state index is -0.243. The number of nitrogens with zero attached hydrogens (tertiary/aromatic N) is 2. The van der Waals surface area contributed by atoms with Crippen molar-refractivity contribution in [2.75, 3.05) is 7.05 Å². The first kappa shape index (κ1) is 13.4. The maximum absolute atomic E-state index is 12.3. The van der Waals surface area contributed by atoms with Gasteiger partial charge in [0.1, 0.15) is 5.75 Å². The van der Waals surface area contributed by atoms with Crippen LogP contribution in [0.2, 0.25) is 0 Å². The zero-order chi connectivity index (χ0) is 14.7. The average molecular weight is 280 g/mol. The highest BCUT2D eigenvalue weighted by molar-refractivity contribution is 5.94. The number of amides is 1. The summed E-state index contributed by atoms with van der Waals surface area (Å²) in [6, 6.07) is 19.2. The fraction of sp³-hybridized carbons (Fsp3) is 0.176. The molecule has 4 nitrogen and oxygen atoms in total. The van der Waals surface area contributed by atoms with Crippen molar-refractivity contribution in [1.29, 1.82) is 0 Å². The van der Waals surface area contributed by atoms with E-state index in [-0.39, 0.29) is 11.8 Å². The maximum Gasteiger partial charge on any atom is 0.250 e. The molecule has 0 aliphatic carbocycles. The Labute approximate surface area is 123 Å². The van der Waals surface area contributed by atoms with E-state index in [1.165, 1.54) is 5.01 Å². The van der Waals surface area contributed by atoms with Gasteiger partial charge in [0.05, 0.1) is 5.92 Å². The first-order valence-corrected chi connectivity index (χ1v) is 6.87. The molecule has 1 unspecified atom stereocenters. The topological polar surface area (TPSA) is 41.9 Å². The third-order valence-corrected chi connectivity index (χ3v) is 3.44. The van der Waals surface area contributed by atoms with Crippen molar-refractivity contribution in [3.05, 3.63) is 66.2 Å². The summed E-state index contributed by atoms with van der Waals surface area (Å²) in [5.41, 5.74) is 0.985. The van der Waals surface area contributed by atoms with Crippen LogP contribution in [0.5, 0.6) is 5.75 Å². The first-order chi connectivity index (χ1) is 10.2. The Balaban J connectivity index is 1.83. The molecule has 0 fully saturated rings. The molecule has 0 radical (unpaired) electrons. The lowest BCUT2D eigenvalue weighted by Crippen LogP contribution is -2.36. The minimum Gasteiger partial charge on any atom is -0.441 e. The van der Waals surface area contributed by atoms with Crippen molar-refractivity contribution in [3.63, 3.8) is 0 Å². The molecule has 1 aliphatic heterocycles. The van der Waals surface area contributed by atoms with Gasteiger partial charge in [-0.1, -0.05) is 48.5 Å². The molecule has 21 heavy (non-hydrogen) atoms. The quantitative estimate of drug-likeness (QED) is 0.848. The predicted octanol–water partition coefficient (Wildman–Crippen LogP) is 3.02. The van der Waals surface area contributed by atoms with Gasteiger partial charge in [-0.2, -0.15) is 0 Å². The van der Waals surface area contributed by atoms with Crippen LogP contribution in [-0.2, 0) is 4.79 Å². The number of hydrazone groups is 1. The SMILES string of the molecule is CN1N=C(Oc2ccccc2)CC(c2ccccc2)C1=O. The molecule has 0 saturated carbocycles. The molecule has 0 bridgehead atoms. The summed E-state index contributed by atoms with van der Waals surface area (Å²) in [4.78, 5) is 12.3. The number of para-hydroxylation sites is 1. The van der Waals surface area contributed by atoms with Gasteiger partial charge >= 0.3 is 0 Å². The first-order valence-electron chi connectivity index (χ1n) is 6.87. The van der Waals surface area contributed by atoms with Gasteiger partial charge in [-0.25, -0.2) is 5.01 Å². The molecular weight excluding hydrogens is 264 g/mol. The Bertz CT molecular complexity index is 653. The lowest BCUT2D eigenvalue weighted by atomic mass is 9.94. The van der Waals surface area contributed by atoms with Crippen molar-refractivity contribution in [2.24, 2.45) is 5.10 Å². The van der Waals surface area contributed by atoms with Crippen LogP contribution in [0.25, 0.3) is 0 Å². The van der Waals surface area contributed by atoms with Crippen LogP contribution >= 0.6 is 0 Å². The summed E-state index contributed by atoms with van der Waals surface area (Å²) in [5.74, 6) is 1.02. The Morgan fingerprint density at radius 1 is 1.05 bits per heavy atom. The summed E-state index contributed by atoms with van der Waals surface area (Å²) in [6.45, 7) is 0. The van der Waals surface area contributed by atoms with Crippen LogP contribution in [0.15, 0.2) is 65.8 Å². The molecule has 0 N–H and O–H groups in total. The highest BCUT2D eigenvalue weighted by atomic mass is 16.5. The van der Waals surface area contributed by atoms with E-state index in [1.807, 2.05) is 60.7 Å². The van der Waals surface area contributed by atoms with Gasteiger partial charge in [-0.05, 0) is 17.7 Å². The van der Waals surface area contributed by atoms with Gasteiger partial charge in [-0.15, -0.1) is 5.10 Å². The number of likely N-dealkylation sites (N-methyl/N-ethyl adjacent to an activating group) is 1. The molecule has 0 aromatic heterocycles. The molecule has 2 aromatic rings. The van der Waals surface area contributed by atoms with Gasteiger partial charge < -0.3 is 4.74 Å². The van der Waals surface area contributed by atoms with E-state index in [2.05, 4.69) is 5.10 Å². The highest BCUT2D eigenvalue weighted by Crippen LogP contribution is 2.27. The number of rotatable bonds is 2. The molecule has 0 saturated heterocycles. The summed E-state index contributed by atoms with van der Waals surface area (Å²) in [7, 11) is 1.66. The monoisotopic (exact) mass is 280 g/mol. The van der Waals surface area contributed by atoms with Crippen molar-refractivity contribution < 1.29 is 9.53 Å². The van der Waals surface area contributed by atoms with E-state index in [9.17, 15) is 4.79 Å². The molecule has 1 aliphatic rings. The predicted molar refractivity (Wildman–Crippen MR) is 81.1 cm³/mol. The van der Waals surface area contributed by atoms with E-state index in [0.29, 0.717) is 12.3 Å². The average Bonchev–Trinajstić information content (AvgIpc) is 2.52. The Morgan fingerprint density at radius 3 is 2.33 bits per heavy atom. The number of ether oxygens (including phenoxy) is 1. The number of hydrogen-bond acceptors (Lipinski definition) is 3. The van der Waals surface area contributed by atoms with Gasteiger partial charge in [0.2, 0.25) is 5.90 Å².